The monoisotopic (exact) mass is 309 g/mol. The molecule has 0 aliphatic carbocycles. The van der Waals surface area contributed by atoms with Crippen LogP contribution < -0.4 is 10.1 Å². The molecule has 23 heavy (non-hydrogen) atoms. The van der Waals surface area contributed by atoms with Gasteiger partial charge in [0.1, 0.15) is 12.4 Å². The fraction of sp³-hybridized carbons (Fsp3) is 0.350. The van der Waals surface area contributed by atoms with Crippen molar-refractivity contribution in [2.45, 2.75) is 32.2 Å². The lowest BCUT2D eigenvalue weighted by Gasteiger charge is -2.26. The van der Waals surface area contributed by atoms with Crippen LogP contribution in [0.3, 0.4) is 0 Å². The maximum atomic E-state index is 12.4. The minimum absolute atomic E-state index is 0.0934. The van der Waals surface area contributed by atoms with E-state index in [0.29, 0.717) is 6.61 Å². The Morgan fingerprint density at radius 2 is 1.91 bits per heavy atom. The molecule has 1 heterocycles. The summed E-state index contributed by atoms with van der Waals surface area (Å²) in [5.74, 6) is 0.915. The smallest absolute Gasteiger partial charge is 0.227 e. The molecule has 0 fully saturated rings. The quantitative estimate of drug-likeness (QED) is 0.919. The van der Waals surface area contributed by atoms with E-state index in [1.807, 2.05) is 30.3 Å². The first-order valence-electron chi connectivity index (χ1n) is 8.27. The van der Waals surface area contributed by atoms with Crippen molar-refractivity contribution in [1.29, 1.82) is 0 Å². The third-order valence-corrected chi connectivity index (χ3v) is 4.35. The molecule has 0 radical (unpaired) electrons. The lowest BCUT2D eigenvalue weighted by Crippen LogP contribution is -2.41. The van der Waals surface area contributed by atoms with Gasteiger partial charge in [-0.3, -0.25) is 4.79 Å². The molecule has 120 valence electrons. The number of hydrogen-bond acceptors (Lipinski definition) is 2. The molecule has 2 aromatic rings. The summed E-state index contributed by atoms with van der Waals surface area (Å²) in [5.41, 5.74) is 2.43. The van der Waals surface area contributed by atoms with Crippen LogP contribution in [0.15, 0.2) is 54.6 Å². The lowest BCUT2D eigenvalue weighted by atomic mass is 9.95. The minimum atomic E-state index is -0.0934. The second-order valence-electron chi connectivity index (χ2n) is 6.25. The predicted molar refractivity (Wildman–Crippen MR) is 91.5 cm³/mol. The average molecular weight is 309 g/mol. The van der Waals surface area contributed by atoms with Crippen molar-refractivity contribution in [3.05, 3.63) is 65.7 Å². The molecule has 0 spiro atoms. The number of fused-ring (bicyclic) bond motifs is 1. The fourth-order valence-corrected chi connectivity index (χ4v) is 2.96. The van der Waals surface area contributed by atoms with Gasteiger partial charge in [-0.25, -0.2) is 0 Å². The topological polar surface area (TPSA) is 38.3 Å². The maximum Gasteiger partial charge on any atom is 0.227 e. The Kier molecular flexibility index (Phi) is 4.96. The van der Waals surface area contributed by atoms with E-state index in [1.165, 1.54) is 5.56 Å². The zero-order valence-electron chi connectivity index (χ0n) is 13.5. The first kappa shape index (κ1) is 15.6. The van der Waals surface area contributed by atoms with Gasteiger partial charge in [-0.1, -0.05) is 48.5 Å². The van der Waals surface area contributed by atoms with Crippen molar-refractivity contribution >= 4 is 5.91 Å². The molecular weight excluding hydrogens is 286 g/mol. The highest BCUT2D eigenvalue weighted by Gasteiger charge is 2.26. The molecule has 0 bridgehead atoms. The van der Waals surface area contributed by atoms with Crippen LogP contribution >= 0.6 is 0 Å². The minimum Gasteiger partial charge on any atom is -0.492 e. The summed E-state index contributed by atoms with van der Waals surface area (Å²) in [4.78, 5) is 12.4. The Labute approximate surface area is 137 Å². The van der Waals surface area contributed by atoms with Gasteiger partial charge in [-0.15, -0.1) is 0 Å². The third kappa shape index (κ3) is 4.13. The van der Waals surface area contributed by atoms with E-state index in [0.717, 1.165) is 30.6 Å². The van der Waals surface area contributed by atoms with Gasteiger partial charge >= 0.3 is 0 Å². The van der Waals surface area contributed by atoms with Crippen molar-refractivity contribution in [2.75, 3.05) is 6.61 Å². The predicted octanol–water partition coefficient (Wildman–Crippen LogP) is 3.38. The molecule has 3 nitrogen and oxygen atoms in total. The van der Waals surface area contributed by atoms with Crippen LogP contribution in [0.1, 0.15) is 24.5 Å². The van der Waals surface area contributed by atoms with Crippen LogP contribution in [0.5, 0.6) is 5.75 Å². The Balaban J connectivity index is 1.49. The maximum absolute atomic E-state index is 12.4. The summed E-state index contributed by atoms with van der Waals surface area (Å²) in [6.07, 6.45) is 2.68. The lowest BCUT2D eigenvalue weighted by molar-refractivity contribution is -0.126. The van der Waals surface area contributed by atoms with E-state index < -0.39 is 0 Å². The SMILES string of the molecule is CC(CCc1ccccc1)NC(=O)C1COc2ccccc2C1. The van der Waals surface area contributed by atoms with Crippen LogP contribution in [0.25, 0.3) is 0 Å². The van der Waals surface area contributed by atoms with Crippen molar-refractivity contribution < 1.29 is 9.53 Å². The summed E-state index contributed by atoms with van der Waals surface area (Å²) >= 11 is 0. The van der Waals surface area contributed by atoms with E-state index in [9.17, 15) is 4.79 Å². The molecule has 1 amide bonds. The summed E-state index contributed by atoms with van der Waals surface area (Å²) in [6, 6.07) is 18.5. The van der Waals surface area contributed by atoms with Crippen molar-refractivity contribution in [3.63, 3.8) is 0 Å². The number of nitrogens with one attached hydrogen (secondary N) is 1. The Hall–Kier alpha value is -2.29. The highest BCUT2D eigenvalue weighted by atomic mass is 16.5. The second-order valence-corrected chi connectivity index (χ2v) is 6.25. The van der Waals surface area contributed by atoms with Gasteiger partial charge in [0.05, 0.1) is 5.92 Å². The van der Waals surface area contributed by atoms with Gasteiger partial charge in [0.15, 0.2) is 0 Å². The number of ether oxygens (including phenoxy) is 1. The highest BCUT2D eigenvalue weighted by Crippen LogP contribution is 2.26. The van der Waals surface area contributed by atoms with Crippen molar-refractivity contribution in [3.8, 4) is 5.75 Å². The number of benzene rings is 2. The third-order valence-electron chi connectivity index (χ3n) is 4.35. The Bertz CT molecular complexity index is 654. The molecule has 2 atom stereocenters. The fourth-order valence-electron chi connectivity index (χ4n) is 2.96. The standard InChI is InChI=1S/C20H23NO2/c1-15(11-12-16-7-3-2-4-8-16)21-20(22)18-13-17-9-5-6-10-19(17)23-14-18/h2-10,15,18H,11-14H2,1H3,(H,21,22). The zero-order valence-corrected chi connectivity index (χ0v) is 13.5. The number of carbonyl (C=O) groups excluding carboxylic acids is 1. The summed E-state index contributed by atoms with van der Waals surface area (Å²) < 4.78 is 5.71. The molecule has 0 saturated carbocycles. The van der Waals surface area contributed by atoms with Gasteiger partial charge in [0.25, 0.3) is 0 Å². The van der Waals surface area contributed by atoms with Gasteiger partial charge in [0.2, 0.25) is 5.91 Å². The largest absolute Gasteiger partial charge is 0.492 e. The number of rotatable bonds is 5. The summed E-state index contributed by atoms with van der Waals surface area (Å²) in [5, 5.41) is 3.13. The molecule has 3 rings (SSSR count). The molecule has 1 N–H and O–H groups in total. The zero-order chi connectivity index (χ0) is 16.1. The van der Waals surface area contributed by atoms with Crippen LogP contribution in [0, 0.1) is 5.92 Å². The molecule has 0 aromatic heterocycles. The van der Waals surface area contributed by atoms with E-state index >= 15 is 0 Å². The molecule has 1 aliphatic heterocycles. The highest BCUT2D eigenvalue weighted by molar-refractivity contribution is 5.79. The van der Waals surface area contributed by atoms with Crippen molar-refractivity contribution in [2.24, 2.45) is 5.92 Å². The number of aryl methyl sites for hydroxylation is 1. The van der Waals surface area contributed by atoms with E-state index in [4.69, 9.17) is 4.74 Å². The molecular formula is C20H23NO2. The average Bonchev–Trinajstić information content (AvgIpc) is 2.60. The van der Waals surface area contributed by atoms with Gasteiger partial charge in [0, 0.05) is 6.04 Å². The second kappa shape index (κ2) is 7.32. The van der Waals surface area contributed by atoms with Gasteiger partial charge < -0.3 is 10.1 Å². The summed E-state index contributed by atoms with van der Waals surface area (Å²) in [7, 11) is 0. The molecule has 2 aromatic carbocycles. The first-order chi connectivity index (χ1) is 11.2. The number of hydrogen-bond donors (Lipinski definition) is 1. The van der Waals surface area contributed by atoms with E-state index in [2.05, 4.69) is 36.5 Å². The first-order valence-corrected chi connectivity index (χ1v) is 8.27. The Morgan fingerprint density at radius 3 is 2.74 bits per heavy atom. The van der Waals surface area contributed by atoms with Gasteiger partial charge in [-0.05, 0) is 43.4 Å². The number of amides is 1. The molecule has 0 saturated heterocycles. The summed E-state index contributed by atoms with van der Waals surface area (Å²) in [6.45, 7) is 2.53. The van der Waals surface area contributed by atoms with E-state index in [-0.39, 0.29) is 17.9 Å². The number of carbonyl (C=O) groups is 1. The van der Waals surface area contributed by atoms with Crippen molar-refractivity contribution in [1.82, 2.24) is 5.32 Å². The molecule has 3 heteroatoms. The van der Waals surface area contributed by atoms with Crippen LogP contribution in [-0.4, -0.2) is 18.6 Å². The normalized spacial score (nSPS) is 17.7. The number of para-hydroxylation sites is 1. The van der Waals surface area contributed by atoms with E-state index in [1.54, 1.807) is 0 Å². The molecule has 1 aliphatic rings. The van der Waals surface area contributed by atoms with Crippen LogP contribution in [0.2, 0.25) is 0 Å². The van der Waals surface area contributed by atoms with Gasteiger partial charge in [-0.2, -0.15) is 0 Å². The van der Waals surface area contributed by atoms with Crippen LogP contribution in [-0.2, 0) is 17.6 Å². The molecule has 2 unspecified atom stereocenters. The van der Waals surface area contributed by atoms with Crippen LogP contribution in [0.4, 0.5) is 0 Å². The Morgan fingerprint density at radius 1 is 1.17 bits per heavy atom.